The van der Waals surface area contributed by atoms with Gasteiger partial charge in [0.2, 0.25) is 0 Å². The van der Waals surface area contributed by atoms with E-state index >= 15 is 0 Å². The van der Waals surface area contributed by atoms with Crippen molar-refractivity contribution in [3.8, 4) is 0 Å². The summed E-state index contributed by atoms with van der Waals surface area (Å²) in [7, 11) is 0. The summed E-state index contributed by atoms with van der Waals surface area (Å²) in [5, 5.41) is 1.21. The molecule has 2 amide bonds. The van der Waals surface area contributed by atoms with Crippen LogP contribution in [-0.2, 0) is 9.59 Å². The van der Waals surface area contributed by atoms with Crippen LogP contribution in [-0.4, -0.2) is 46.4 Å². The highest BCUT2D eigenvalue weighted by atomic mass is 79.9. The molecule has 44 heavy (non-hydrogen) atoms. The number of hydrogen-bond acceptors (Lipinski definition) is 4. The van der Waals surface area contributed by atoms with Gasteiger partial charge in [0.15, 0.2) is 0 Å². The zero-order valence-corrected chi connectivity index (χ0v) is 27.6. The van der Waals surface area contributed by atoms with Crippen LogP contribution in [0.3, 0.4) is 0 Å². The van der Waals surface area contributed by atoms with Gasteiger partial charge in [0.05, 0.1) is 0 Å². The zero-order chi connectivity index (χ0) is 30.8. The Morgan fingerprint density at radius 3 is 1.30 bits per heavy atom. The summed E-state index contributed by atoms with van der Waals surface area (Å²) >= 11 is 19.3. The van der Waals surface area contributed by atoms with Crippen molar-refractivity contribution < 1.29 is 9.59 Å². The summed E-state index contributed by atoms with van der Waals surface area (Å²) < 4.78 is 1.59. The molecule has 0 bridgehead atoms. The van der Waals surface area contributed by atoms with E-state index in [1.807, 2.05) is 72.8 Å². The molecule has 218 valence electrons. The summed E-state index contributed by atoms with van der Waals surface area (Å²) in [6.07, 6.45) is 3.47. The van der Waals surface area contributed by atoms with Crippen LogP contribution >= 0.6 is 55.1 Å². The molecular weight excluding hydrogens is 727 g/mol. The van der Waals surface area contributed by atoms with E-state index in [4.69, 9.17) is 33.2 Å². The summed E-state index contributed by atoms with van der Waals surface area (Å²) in [6.45, 7) is 0.362. The Morgan fingerprint density at radius 1 is 0.568 bits per heavy atom. The van der Waals surface area contributed by atoms with Gasteiger partial charge in [0, 0.05) is 43.2 Å². The summed E-state index contributed by atoms with van der Waals surface area (Å²) in [5.41, 5.74) is 3.68. The third-order valence-electron chi connectivity index (χ3n) is 7.02. The molecule has 10 heteroatoms. The monoisotopic (exact) mass is 746 g/mol. The van der Waals surface area contributed by atoms with Crippen molar-refractivity contribution >= 4 is 90.7 Å². The Balaban J connectivity index is 1.34. The smallest absolute Gasteiger partial charge is 0.278 e. The van der Waals surface area contributed by atoms with Crippen LogP contribution < -0.4 is 0 Å². The van der Waals surface area contributed by atoms with Gasteiger partial charge in [-0.15, -0.1) is 0 Å². The van der Waals surface area contributed by atoms with Crippen molar-refractivity contribution in [2.45, 2.75) is 0 Å². The number of aliphatic imine (C=N–C) groups is 2. The normalized spacial score (nSPS) is 16.7. The van der Waals surface area contributed by atoms with Crippen LogP contribution in [0.5, 0.6) is 0 Å². The minimum absolute atomic E-state index is 0.181. The molecule has 0 saturated carbocycles. The number of nitrogens with zero attached hydrogens (tertiary/aromatic N) is 4. The standard InChI is InChI=1S/C34H22Br2Cl2N4O2/c35-27-7-3-1-5-25(27)31-39-29(19-21-9-13-23(37)14-10-21)33(43)41(31)17-18-42-32(26-6-2-4-8-28(26)36)40-30(34(42)44)20-22-11-15-24(38)16-12-22/h1-16,19-20H,17-18H2/b29-19-,30-20+. The average Bonchev–Trinajstić information content (AvgIpc) is 3.49. The highest BCUT2D eigenvalue weighted by Crippen LogP contribution is 2.29. The molecule has 2 aliphatic rings. The van der Waals surface area contributed by atoms with Gasteiger partial charge in [-0.05, 0) is 59.7 Å². The zero-order valence-electron chi connectivity index (χ0n) is 22.9. The van der Waals surface area contributed by atoms with E-state index in [0.29, 0.717) is 21.7 Å². The molecule has 2 aliphatic heterocycles. The van der Waals surface area contributed by atoms with E-state index in [2.05, 4.69) is 31.9 Å². The summed E-state index contributed by atoms with van der Waals surface area (Å²) in [5.74, 6) is 0.443. The topological polar surface area (TPSA) is 65.3 Å². The number of carbonyl (C=O) groups is 2. The van der Waals surface area contributed by atoms with E-state index in [1.165, 1.54) is 0 Å². The number of halogens is 4. The molecule has 0 N–H and O–H groups in total. The Bertz CT molecular complexity index is 1760. The van der Waals surface area contributed by atoms with E-state index < -0.39 is 0 Å². The minimum atomic E-state index is -0.270. The lowest BCUT2D eigenvalue weighted by atomic mass is 10.1. The van der Waals surface area contributed by atoms with Crippen molar-refractivity contribution in [1.29, 1.82) is 0 Å². The van der Waals surface area contributed by atoms with Crippen LogP contribution in [0, 0.1) is 0 Å². The number of amides is 2. The third-order valence-corrected chi connectivity index (χ3v) is 8.90. The second kappa shape index (κ2) is 13.0. The largest absolute Gasteiger partial charge is 0.289 e. The molecule has 6 rings (SSSR count). The quantitative estimate of drug-likeness (QED) is 0.178. The first-order chi connectivity index (χ1) is 21.3. The first-order valence-corrected chi connectivity index (χ1v) is 15.9. The average molecular weight is 749 g/mol. The van der Waals surface area contributed by atoms with Gasteiger partial charge in [0.1, 0.15) is 23.1 Å². The Kier molecular flexibility index (Phi) is 8.96. The van der Waals surface area contributed by atoms with Crippen LogP contribution in [0.1, 0.15) is 22.3 Å². The van der Waals surface area contributed by atoms with Gasteiger partial charge in [-0.2, -0.15) is 0 Å². The van der Waals surface area contributed by atoms with Crippen LogP contribution in [0.2, 0.25) is 10.0 Å². The third kappa shape index (κ3) is 6.35. The van der Waals surface area contributed by atoms with Crippen molar-refractivity contribution in [1.82, 2.24) is 9.80 Å². The highest BCUT2D eigenvalue weighted by molar-refractivity contribution is 9.10. The van der Waals surface area contributed by atoms with Crippen LogP contribution in [0.4, 0.5) is 0 Å². The number of amidine groups is 2. The van der Waals surface area contributed by atoms with E-state index in [0.717, 1.165) is 31.2 Å². The number of hydrogen-bond donors (Lipinski definition) is 0. The van der Waals surface area contributed by atoms with Crippen molar-refractivity contribution in [2.24, 2.45) is 9.98 Å². The Hall–Kier alpha value is -3.82. The number of carbonyl (C=O) groups excluding carboxylic acids is 2. The highest BCUT2D eigenvalue weighted by Gasteiger charge is 2.36. The maximum Gasteiger partial charge on any atom is 0.278 e. The van der Waals surface area contributed by atoms with E-state index in [9.17, 15) is 9.59 Å². The number of rotatable bonds is 7. The molecule has 6 nitrogen and oxygen atoms in total. The van der Waals surface area contributed by atoms with Gasteiger partial charge in [-0.1, -0.05) is 116 Å². The SMILES string of the molecule is O=C1/C(=C/c2ccc(Cl)cc2)N=C(c2ccccc2Br)N1CCN1C(=O)/C(=C\c2ccc(Cl)cc2)N=C1c1ccccc1Br. The summed E-state index contributed by atoms with van der Waals surface area (Å²) in [6, 6.07) is 29.6. The molecule has 4 aromatic carbocycles. The van der Waals surface area contributed by atoms with Gasteiger partial charge >= 0.3 is 0 Å². The molecule has 4 aromatic rings. The molecule has 2 heterocycles. The first-order valence-electron chi connectivity index (χ1n) is 13.5. The van der Waals surface area contributed by atoms with Gasteiger partial charge < -0.3 is 0 Å². The first kappa shape index (κ1) is 30.2. The van der Waals surface area contributed by atoms with Gasteiger partial charge in [0.25, 0.3) is 11.8 Å². The lowest BCUT2D eigenvalue weighted by Crippen LogP contribution is -2.43. The molecular formula is C34H22Br2Cl2N4O2. The van der Waals surface area contributed by atoms with Crippen molar-refractivity contribution in [3.63, 3.8) is 0 Å². The fourth-order valence-corrected chi connectivity index (χ4v) is 6.02. The van der Waals surface area contributed by atoms with E-state index in [1.54, 1.807) is 46.2 Å². The second-order valence-electron chi connectivity index (χ2n) is 9.91. The predicted octanol–water partition coefficient (Wildman–Crippen LogP) is 8.48. The van der Waals surface area contributed by atoms with Crippen LogP contribution in [0.25, 0.3) is 12.2 Å². The van der Waals surface area contributed by atoms with E-state index in [-0.39, 0.29) is 36.3 Å². The maximum atomic E-state index is 13.8. The molecule has 0 atom stereocenters. The van der Waals surface area contributed by atoms with Crippen molar-refractivity contribution in [3.05, 3.63) is 150 Å². The minimum Gasteiger partial charge on any atom is -0.289 e. The van der Waals surface area contributed by atoms with Gasteiger partial charge in [-0.25, -0.2) is 9.98 Å². The molecule has 0 aromatic heterocycles. The molecule has 0 spiro atoms. The molecule has 0 aliphatic carbocycles. The Morgan fingerprint density at radius 2 is 0.932 bits per heavy atom. The summed E-state index contributed by atoms with van der Waals surface area (Å²) in [4.78, 5) is 40.4. The lowest BCUT2D eigenvalue weighted by Gasteiger charge is -2.24. The Labute approximate surface area is 281 Å². The number of benzene rings is 4. The molecule has 0 saturated heterocycles. The lowest BCUT2D eigenvalue weighted by molar-refractivity contribution is -0.125. The van der Waals surface area contributed by atoms with Crippen LogP contribution in [0.15, 0.2) is 127 Å². The van der Waals surface area contributed by atoms with Gasteiger partial charge in [-0.3, -0.25) is 19.4 Å². The maximum absolute atomic E-state index is 13.8. The fourth-order valence-electron chi connectivity index (χ4n) is 4.85. The second-order valence-corrected chi connectivity index (χ2v) is 12.5. The molecule has 0 fully saturated rings. The molecule has 0 radical (unpaired) electrons. The van der Waals surface area contributed by atoms with Crippen molar-refractivity contribution in [2.75, 3.05) is 13.1 Å². The fraction of sp³-hybridized carbons (Fsp3) is 0.0588. The predicted molar refractivity (Wildman–Crippen MR) is 184 cm³/mol. The molecule has 0 unspecified atom stereocenters.